The monoisotopic (exact) mass is 557 g/mol. The predicted octanol–water partition coefficient (Wildman–Crippen LogP) is 11.9. The van der Waals surface area contributed by atoms with E-state index in [1.54, 1.807) is 11.1 Å². The van der Waals surface area contributed by atoms with Crippen LogP contribution in [0.1, 0.15) is 115 Å². The van der Waals surface area contributed by atoms with Crippen LogP contribution >= 0.6 is 15.9 Å². The number of benzene rings is 3. The highest BCUT2D eigenvalue weighted by Crippen LogP contribution is 2.56. The SMILES string of the molecule is CCCCCCCCC1(CCCCCCCC)c2cc(Br)ccc2-c2cc3[nH]c4ccccc4c3cc21. The molecule has 2 heteroatoms. The average Bonchev–Trinajstić information content (AvgIpc) is 3.40. The van der Waals surface area contributed by atoms with Gasteiger partial charge in [0, 0.05) is 31.7 Å². The van der Waals surface area contributed by atoms with Crippen LogP contribution in [0.15, 0.2) is 59.1 Å². The molecule has 0 aliphatic heterocycles. The quantitative estimate of drug-likeness (QED) is 0.148. The van der Waals surface area contributed by atoms with Gasteiger partial charge in [0.05, 0.1) is 0 Å². The van der Waals surface area contributed by atoms with Gasteiger partial charge >= 0.3 is 0 Å². The van der Waals surface area contributed by atoms with E-state index >= 15 is 0 Å². The Kier molecular flexibility index (Phi) is 8.75. The topological polar surface area (TPSA) is 15.8 Å². The van der Waals surface area contributed by atoms with Gasteiger partial charge in [0.2, 0.25) is 0 Å². The molecule has 0 spiro atoms. The summed E-state index contributed by atoms with van der Waals surface area (Å²) in [6.45, 7) is 4.62. The van der Waals surface area contributed by atoms with E-state index in [1.165, 1.54) is 127 Å². The number of rotatable bonds is 14. The minimum absolute atomic E-state index is 0.122. The Labute approximate surface area is 232 Å². The predicted molar refractivity (Wildman–Crippen MR) is 166 cm³/mol. The Bertz CT molecular complexity index is 1310. The maximum absolute atomic E-state index is 3.84. The van der Waals surface area contributed by atoms with Gasteiger partial charge in [-0.2, -0.15) is 0 Å². The largest absolute Gasteiger partial charge is 0.354 e. The van der Waals surface area contributed by atoms with E-state index in [1.807, 2.05) is 0 Å². The summed E-state index contributed by atoms with van der Waals surface area (Å²) >= 11 is 3.84. The van der Waals surface area contributed by atoms with Gasteiger partial charge in [0.15, 0.2) is 0 Å². The van der Waals surface area contributed by atoms with Crippen molar-refractivity contribution >= 4 is 37.7 Å². The van der Waals surface area contributed by atoms with Crippen LogP contribution in [0.25, 0.3) is 32.9 Å². The molecule has 1 aromatic heterocycles. The maximum atomic E-state index is 3.84. The van der Waals surface area contributed by atoms with Crippen molar-refractivity contribution < 1.29 is 0 Å². The molecule has 0 radical (unpaired) electrons. The molecule has 3 aromatic carbocycles. The van der Waals surface area contributed by atoms with Crippen LogP contribution in [0.2, 0.25) is 0 Å². The first-order chi connectivity index (χ1) is 18.2. The molecule has 4 aromatic rings. The first-order valence-electron chi connectivity index (χ1n) is 15.0. The maximum Gasteiger partial charge on any atom is 0.0471 e. The molecule has 1 aliphatic rings. The Hall–Kier alpha value is -2.06. The number of para-hydroxylation sites is 1. The third-order valence-electron chi connectivity index (χ3n) is 8.86. The lowest BCUT2D eigenvalue weighted by Gasteiger charge is -2.33. The van der Waals surface area contributed by atoms with Crippen LogP contribution in [-0.2, 0) is 5.41 Å². The van der Waals surface area contributed by atoms with Gasteiger partial charge in [-0.1, -0.05) is 131 Å². The van der Waals surface area contributed by atoms with Crippen molar-refractivity contribution in [2.24, 2.45) is 0 Å². The highest BCUT2D eigenvalue weighted by Gasteiger charge is 2.42. The molecule has 5 rings (SSSR count). The Morgan fingerprint density at radius 1 is 0.595 bits per heavy atom. The number of hydrogen-bond donors (Lipinski definition) is 1. The summed E-state index contributed by atoms with van der Waals surface area (Å²) < 4.78 is 1.21. The van der Waals surface area contributed by atoms with Crippen molar-refractivity contribution in [1.82, 2.24) is 4.98 Å². The van der Waals surface area contributed by atoms with Gasteiger partial charge in [-0.05, 0) is 65.4 Å². The molecule has 1 aliphatic carbocycles. The molecule has 0 amide bonds. The van der Waals surface area contributed by atoms with Gasteiger partial charge < -0.3 is 4.98 Å². The summed E-state index contributed by atoms with van der Waals surface area (Å²) in [4.78, 5) is 3.71. The summed E-state index contributed by atoms with van der Waals surface area (Å²) in [5.41, 5.74) is 8.69. The Balaban J connectivity index is 1.55. The van der Waals surface area contributed by atoms with E-state index < -0.39 is 0 Å². The fourth-order valence-electron chi connectivity index (χ4n) is 6.89. The fraction of sp³-hybridized carbons (Fsp3) is 0.486. The molecule has 0 bridgehead atoms. The molecule has 1 heterocycles. The molecule has 1 N–H and O–H groups in total. The molecule has 0 saturated heterocycles. The zero-order valence-electron chi connectivity index (χ0n) is 23.0. The van der Waals surface area contributed by atoms with Gasteiger partial charge in [0.1, 0.15) is 0 Å². The van der Waals surface area contributed by atoms with E-state index in [0.29, 0.717) is 0 Å². The zero-order valence-corrected chi connectivity index (χ0v) is 24.6. The molecule has 37 heavy (non-hydrogen) atoms. The second kappa shape index (κ2) is 12.2. The number of aromatic amines is 1. The van der Waals surface area contributed by atoms with E-state index in [2.05, 4.69) is 89.4 Å². The molecule has 0 atom stereocenters. The van der Waals surface area contributed by atoms with Gasteiger partial charge in [-0.15, -0.1) is 0 Å². The van der Waals surface area contributed by atoms with Crippen LogP contribution < -0.4 is 0 Å². The van der Waals surface area contributed by atoms with Crippen LogP contribution in [0.3, 0.4) is 0 Å². The van der Waals surface area contributed by atoms with Crippen molar-refractivity contribution in [1.29, 1.82) is 0 Å². The van der Waals surface area contributed by atoms with Crippen molar-refractivity contribution in [3.05, 3.63) is 70.2 Å². The average molecular weight is 559 g/mol. The minimum atomic E-state index is 0.122. The van der Waals surface area contributed by atoms with Crippen LogP contribution in [0.4, 0.5) is 0 Å². The van der Waals surface area contributed by atoms with E-state index in [-0.39, 0.29) is 5.41 Å². The first kappa shape index (κ1) is 26.5. The second-order valence-electron chi connectivity index (χ2n) is 11.4. The number of H-pyrrole nitrogens is 1. The highest BCUT2D eigenvalue weighted by atomic mass is 79.9. The van der Waals surface area contributed by atoms with Gasteiger partial charge in [0.25, 0.3) is 0 Å². The molecule has 0 unspecified atom stereocenters. The van der Waals surface area contributed by atoms with Crippen molar-refractivity contribution in [3.8, 4) is 11.1 Å². The molecule has 196 valence electrons. The Morgan fingerprint density at radius 3 is 1.92 bits per heavy atom. The molecule has 0 saturated carbocycles. The third-order valence-corrected chi connectivity index (χ3v) is 9.35. The van der Waals surface area contributed by atoms with Crippen molar-refractivity contribution in [3.63, 3.8) is 0 Å². The van der Waals surface area contributed by atoms with Crippen molar-refractivity contribution in [2.45, 2.75) is 109 Å². The lowest BCUT2D eigenvalue weighted by molar-refractivity contribution is 0.398. The number of unbranched alkanes of at least 4 members (excludes halogenated alkanes) is 10. The normalized spacial score (nSPS) is 13.9. The number of halogens is 1. The second-order valence-corrected chi connectivity index (χ2v) is 12.3. The molecule has 0 fully saturated rings. The number of fused-ring (bicyclic) bond motifs is 6. The van der Waals surface area contributed by atoms with Crippen LogP contribution in [0, 0.1) is 0 Å². The zero-order chi connectivity index (χ0) is 25.7. The molecular formula is C35H44BrN. The number of hydrogen-bond acceptors (Lipinski definition) is 0. The highest BCUT2D eigenvalue weighted by molar-refractivity contribution is 9.10. The number of aromatic nitrogens is 1. The van der Waals surface area contributed by atoms with Crippen molar-refractivity contribution in [2.75, 3.05) is 0 Å². The summed E-state index contributed by atoms with van der Waals surface area (Å²) in [7, 11) is 0. The van der Waals surface area contributed by atoms with E-state index in [0.717, 1.165) is 0 Å². The summed E-state index contributed by atoms with van der Waals surface area (Å²) in [5, 5.41) is 2.74. The minimum Gasteiger partial charge on any atom is -0.354 e. The lowest BCUT2D eigenvalue weighted by atomic mass is 9.70. The van der Waals surface area contributed by atoms with E-state index in [9.17, 15) is 0 Å². The van der Waals surface area contributed by atoms with Crippen LogP contribution in [0.5, 0.6) is 0 Å². The van der Waals surface area contributed by atoms with Gasteiger partial charge in [-0.25, -0.2) is 0 Å². The summed E-state index contributed by atoms with van der Waals surface area (Å²) in [6, 6.07) is 20.9. The number of nitrogens with one attached hydrogen (secondary N) is 1. The Morgan fingerprint density at radius 2 is 1.22 bits per heavy atom. The summed E-state index contributed by atoms with van der Waals surface area (Å²) in [5.74, 6) is 0. The third kappa shape index (κ3) is 5.42. The van der Waals surface area contributed by atoms with Gasteiger partial charge in [-0.3, -0.25) is 0 Å². The van der Waals surface area contributed by atoms with Crippen LogP contribution in [-0.4, -0.2) is 4.98 Å². The molecule has 1 nitrogen and oxygen atoms in total. The van der Waals surface area contributed by atoms with E-state index in [4.69, 9.17) is 0 Å². The smallest absolute Gasteiger partial charge is 0.0471 e. The molecular weight excluding hydrogens is 514 g/mol. The lowest BCUT2D eigenvalue weighted by Crippen LogP contribution is -2.25. The first-order valence-corrected chi connectivity index (χ1v) is 15.8. The fourth-order valence-corrected chi connectivity index (χ4v) is 7.25. The summed E-state index contributed by atoms with van der Waals surface area (Å²) in [6.07, 6.45) is 18.8. The standard InChI is InChI=1S/C35H44BrN/c1-3-5-7-9-11-15-21-35(22-16-12-10-8-6-4-2)31-23-26(36)19-20-27(31)29-25-34-30(24-32(29)35)28-17-13-14-18-33(28)37-34/h13-14,17-20,23-25,37H,3-12,15-16,21-22H2,1-2H3.